The van der Waals surface area contributed by atoms with Gasteiger partial charge < -0.3 is 31.0 Å². The number of unbranched alkanes of at least 4 members (excludes halogenated alkanes) is 41. The summed E-state index contributed by atoms with van der Waals surface area (Å²) in [5, 5.41) is 0. The first-order chi connectivity index (χ1) is 31.4. The Balaban J connectivity index is -0.000000387. The number of phosphoric ester groups is 2. The Bertz CT molecular complexity index is 843. The van der Waals surface area contributed by atoms with Crippen molar-refractivity contribution in [2.75, 3.05) is 26.3 Å². The van der Waals surface area contributed by atoms with Crippen LogP contribution in [0.5, 0.6) is 0 Å². The van der Waals surface area contributed by atoms with E-state index in [1.807, 2.05) is 0 Å². The van der Waals surface area contributed by atoms with E-state index in [2.05, 4.69) is 36.7 Å². The minimum atomic E-state index is -4.23. The van der Waals surface area contributed by atoms with Crippen LogP contribution in [0.15, 0.2) is 0 Å². The van der Waals surface area contributed by atoms with Crippen molar-refractivity contribution in [2.45, 2.75) is 317 Å². The standard InChI is InChI=1S/2C18H39N.C9H21O4P.C8H19O4P/c2*1-2-3-4-5-6-7-8-9-10-11-12-13-14-15-16-17-18-19;1-2-3-4-5-6-7-8-9-13-14(10,11)12;1-2-3-4-5-6-7-8-12-13(9,10)11/h2*2-19H2,1H3;2-9H2,1H3,(H2,10,11,12);2-8H2,1H3,(H2,9,10,11). The molecule has 10 nitrogen and oxygen atoms in total. The summed E-state index contributed by atoms with van der Waals surface area (Å²) in [5.74, 6) is 0. The van der Waals surface area contributed by atoms with Crippen LogP contribution in [0.3, 0.4) is 0 Å². The molecule has 0 aliphatic heterocycles. The van der Waals surface area contributed by atoms with E-state index in [1.165, 1.54) is 250 Å². The molecule has 0 aromatic carbocycles. The van der Waals surface area contributed by atoms with Crippen LogP contribution >= 0.6 is 15.6 Å². The Morgan fingerprint density at radius 1 is 0.262 bits per heavy atom. The fraction of sp³-hybridized carbons (Fsp3) is 1.00. The average Bonchev–Trinajstić information content (AvgIpc) is 3.27. The Morgan fingerprint density at radius 2 is 0.400 bits per heavy atom. The molecule has 398 valence electrons. The molecule has 0 bridgehead atoms. The number of hydrogen-bond acceptors (Lipinski definition) is 6. The van der Waals surface area contributed by atoms with Crippen LogP contribution in [0.1, 0.15) is 317 Å². The van der Waals surface area contributed by atoms with Gasteiger partial charge in [0, 0.05) is 0 Å². The molecule has 12 heteroatoms. The number of nitrogens with two attached hydrogens (primary N) is 2. The summed E-state index contributed by atoms with van der Waals surface area (Å²) in [6.45, 7) is 11.0. The highest BCUT2D eigenvalue weighted by Gasteiger charge is 2.13. The van der Waals surface area contributed by atoms with Gasteiger partial charge in [0.2, 0.25) is 0 Å². The van der Waals surface area contributed by atoms with Gasteiger partial charge in [-0.25, -0.2) is 9.13 Å². The maximum absolute atomic E-state index is 10.3. The number of hydrogen-bond donors (Lipinski definition) is 6. The SMILES string of the molecule is CCCCCCCCCCCCCCCCCCN.CCCCCCCCCCCCCCCCCCN.CCCCCCCCCOP(=O)(O)O.CCCCCCCCOP(=O)(O)O. The summed E-state index contributed by atoms with van der Waals surface area (Å²) >= 11 is 0. The van der Waals surface area contributed by atoms with E-state index in [0.717, 1.165) is 51.6 Å². The molecule has 0 aromatic heterocycles. The van der Waals surface area contributed by atoms with E-state index >= 15 is 0 Å². The number of phosphoric acid groups is 2. The van der Waals surface area contributed by atoms with Gasteiger partial charge in [0.25, 0.3) is 0 Å². The second-order valence-electron chi connectivity index (χ2n) is 18.7. The zero-order valence-corrected chi connectivity index (χ0v) is 45.9. The third-order valence-corrected chi connectivity index (χ3v) is 12.9. The van der Waals surface area contributed by atoms with Crippen molar-refractivity contribution in [1.82, 2.24) is 0 Å². The van der Waals surface area contributed by atoms with Crippen LogP contribution in [0.25, 0.3) is 0 Å². The lowest BCUT2D eigenvalue weighted by molar-refractivity contribution is 0.191. The molecule has 0 spiro atoms. The number of rotatable bonds is 49. The molecule has 0 saturated heterocycles. The summed E-state index contributed by atoms with van der Waals surface area (Å²) in [4.78, 5) is 33.5. The van der Waals surface area contributed by atoms with Crippen molar-refractivity contribution in [1.29, 1.82) is 0 Å². The van der Waals surface area contributed by atoms with E-state index in [4.69, 9.17) is 31.0 Å². The lowest BCUT2D eigenvalue weighted by Crippen LogP contribution is -1.97. The smallest absolute Gasteiger partial charge is 0.330 e. The fourth-order valence-electron chi connectivity index (χ4n) is 7.69. The topological polar surface area (TPSA) is 186 Å². The van der Waals surface area contributed by atoms with Crippen LogP contribution in [0, 0.1) is 0 Å². The molecule has 0 radical (unpaired) electrons. The van der Waals surface area contributed by atoms with Crippen molar-refractivity contribution in [3.63, 3.8) is 0 Å². The largest absolute Gasteiger partial charge is 0.469 e. The minimum absolute atomic E-state index is 0.163. The predicted octanol–water partition coefficient (Wildman–Crippen LogP) is 17.7. The molecular weight excluding hydrogens is 855 g/mol. The van der Waals surface area contributed by atoms with Gasteiger partial charge in [-0.1, -0.05) is 291 Å². The third-order valence-electron chi connectivity index (χ3n) is 11.9. The van der Waals surface area contributed by atoms with Gasteiger partial charge in [-0.3, -0.25) is 9.05 Å². The highest BCUT2D eigenvalue weighted by atomic mass is 31.2. The molecule has 0 rings (SSSR count). The molecule has 65 heavy (non-hydrogen) atoms. The Labute approximate surface area is 406 Å². The molecule has 8 N–H and O–H groups in total. The monoisotopic (exact) mass is 973 g/mol. The lowest BCUT2D eigenvalue weighted by atomic mass is 10.0. The minimum Gasteiger partial charge on any atom is -0.330 e. The zero-order valence-electron chi connectivity index (χ0n) is 44.1. The van der Waals surface area contributed by atoms with Crippen molar-refractivity contribution in [3.8, 4) is 0 Å². The maximum atomic E-state index is 10.3. The molecule has 0 aliphatic carbocycles. The van der Waals surface area contributed by atoms with E-state index in [-0.39, 0.29) is 13.2 Å². The molecule has 0 fully saturated rings. The molecular formula is C53H118N2O8P2. The van der Waals surface area contributed by atoms with Gasteiger partial charge >= 0.3 is 15.6 Å². The third kappa shape index (κ3) is 87.7. The molecule has 0 atom stereocenters. The van der Waals surface area contributed by atoms with Gasteiger partial charge in [-0.2, -0.15) is 0 Å². The molecule has 0 saturated carbocycles. The highest BCUT2D eigenvalue weighted by Crippen LogP contribution is 2.36. The summed E-state index contributed by atoms with van der Waals surface area (Å²) in [7, 11) is -8.46. The van der Waals surface area contributed by atoms with Crippen LogP contribution in [-0.2, 0) is 18.2 Å². The van der Waals surface area contributed by atoms with Gasteiger partial charge in [0.05, 0.1) is 13.2 Å². The van der Waals surface area contributed by atoms with E-state index in [1.54, 1.807) is 0 Å². The second kappa shape index (κ2) is 64.1. The Kier molecular flexibility index (Phi) is 70.7. The molecule has 0 aromatic rings. The van der Waals surface area contributed by atoms with Gasteiger partial charge in [-0.05, 0) is 38.8 Å². The first-order valence-electron chi connectivity index (χ1n) is 28.3. The summed E-state index contributed by atoms with van der Waals surface area (Å²) in [6, 6.07) is 0. The molecule has 0 amide bonds. The van der Waals surface area contributed by atoms with Gasteiger partial charge in [0.1, 0.15) is 0 Å². The van der Waals surface area contributed by atoms with E-state index in [0.29, 0.717) is 0 Å². The van der Waals surface area contributed by atoms with Crippen LogP contribution < -0.4 is 11.5 Å². The Hall–Kier alpha value is 0.140. The van der Waals surface area contributed by atoms with Crippen molar-refractivity contribution >= 4 is 15.6 Å². The second-order valence-corrected chi connectivity index (χ2v) is 21.2. The van der Waals surface area contributed by atoms with Gasteiger partial charge in [-0.15, -0.1) is 0 Å². The van der Waals surface area contributed by atoms with Crippen LogP contribution in [0.2, 0.25) is 0 Å². The molecule has 0 heterocycles. The highest BCUT2D eigenvalue weighted by molar-refractivity contribution is 7.46. The average molecular weight is 973 g/mol. The van der Waals surface area contributed by atoms with Gasteiger partial charge in [0.15, 0.2) is 0 Å². The van der Waals surface area contributed by atoms with Crippen molar-refractivity contribution in [2.24, 2.45) is 11.5 Å². The van der Waals surface area contributed by atoms with E-state index < -0.39 is 15.6 Å². The maximum Gasteiger partial charge on any atom is 0.469 e. The predicted molar refractivity (Wildman–Crippen MR) is 285 cm³/mol. The first kappa shape index (κ1) is 71.7. The normalized spacial score (nSPS) is 11.4. The molecule has 0 unspecified atom stereocenters. The van der Waals surface area contributed by atoms with Crippen molar-refractivity contribution < 1.29 is 37.8 Å². The fourth-order valence-corrected chi connectivity index (χ4v) is 8.43. The van der Waals surface area contributed by atoms with Crippen LogP contribution in [0.4, 0.5) is 0 Å². The van der Waals surface area contributed by atoms with Crippen LogP contribution in [-0.4, -0.2) is 45.9 Å². The van der Waals surface area contributed by atoms with E-state index in [9.17, 15) is 9.13 Å². The van der Waals surface area contributed by atoms with Crippen molar-refractivity contribution in [3.05, 3.63) is 0 Å². The summed E-state index contributed by atoms with van der Waals surface area (Å²) < 4.78 is 29.1. The quantitative estimate of drug-likeness (QED) is 0.0253. The summed E-state index contributed by atoms with van der Waals surface area (Å²) in [5.41, 5.74) is 11.0. The Morgan fingerprint density at radius 3 is 0.538 bits per heavy atom. The summed E-state index contributed by atoms with van der Waals surface area (Å²) in [6.07, 6.45) is 60.0. The zero-order chi connectivity index (χ0) is 49.1. The first-order valence-corrected chi connectivity index (χ1v) is 31.3. The molecule has 0 aliphatic rings. The lowest BCUT2D eigenvalue weighted by Gasteiger charge is -2.04.